The quantitative estimate of drug-likeness (QED) is 0.193. The number of carboxylic acids is 1. The lowest BCUT2D eigenvalue weighted by Gasteiger charge is -2.21. The highest BCUT2D eigenvalue weighted by atomic mass is 35.5. The summed E-state index contributed by atoms with van der Waals surface area (Å²) in [4.78, 5) is 16.5. The maximum Gasteiger partial charge on any atom is 0.335 e. The van der Waals surface area contributed by atoms with E-state index in [1.54, 1.807) is 36.4 Å². The van der Waals surface area contributed by atoms with Crippen LogP contribution in [-0.4, -0.2) is 25.8 Å². The van der Waals surface area contributed by atoms with Crippen molar-refractivity contribution in [1.29, 1.82) is 0 Å². The summed E-state index contributed by atoms with van der Waals surface area (Å²) in [5, 5.41) is 14.8. The zero-order chi connectivity index (χ0) is 29.5. The Hall–Kier alpha value is -3.81. The number of aromatic nitrogens is 3. The van der Waals surface area contributed by atoms with Gasteiger partial charge in [0.2, 0.25) is 0 Å². The average Bonchev–Trinajstić information content (AvgIpc) is 3.48. The maximum atomic E-state index is 11.6. The SMILES string of the molecule is CC(C)c1onc(-c2c(Cl)cccc2Cl)c1COc1ccc(-c2nc3ccc(C(=O)O)cc3n2CC(C)(C)C)cc1. The molecule has 0 aliphatic rings. The molecule has 0 saturated carbocycles. The molecule has 0 amide bonds. The Kier molecular flexibility index (Phi) is 7.86. The van der Waals surface area contributed by atoms with E-state index in [9.17, 15) is 9.90 Å². The minimum atomic E-state index is -0.966. The maximum absolute atomic E-state index is 11.6. The van der Waals surface area contributed by atoms with Crippen molar-refractivity contribution >= 4 is 40.2 Å². The molecule has 7 nitrogen and oxygen atoms in total. The second kappa shape index (κ2) is 11.2. The number of rotatable bonds is 8. The highest BCUT2D eigenvalue weighted by Gasteiger charge is 2.24. The van der Waals surface area contributed by atoms with Crippen LogP contribution < -0.4 is 4.74 Å². The summed E-state index contributed by atoms with van der Waals surface area (Å²) in [6, 6.07) is 18.0. The van der Waals surface area contributed by atoms with Gasteiger partial charge in [-0.3, -0.25) is 0 Å². The predicted octanol–water partition coefficient (Wildman–Crippen LogP) is 9.11. The Morgan fingerprint density at radius 1 is 1.05 bits per heavy atom. The highest BCUT2D eigenvalue weighted by Crippen LogP contribution is 2.39. The fourth-order valence-electron chi connectivity index (χ4n) is 4.80. The monoisotopic (exact) mass is 591 g/mol. The van der Waals surface area contributed by atoms with Crippen LogP contribution in [0.15, 0.2) is 65.2 Å². The fourth-order valence-corrected chi connectivity index (χ4v) is 5.38. The molecule has 0 aliphatic carbocycles. The van der Waals surface area contributed by atoms with Crippen LogP contribution >= 0.6 is 23.2 Å². The number of halogens is 2. The lowest BCUT2D eigenvalue weighted by molar-refractivity contribution is 0.0697. The van der Waals surface area contributed by atoms with Crippen molar-refractivity contribution in [2.75, 3.05) is 0 Å². The van der Waals surface area contributed by atoms with Crippen molar-refractivity contribution in [2.24, 2.45) is 5.41 Å². The first-order valence-electron chi connectivity index (χ1n) is 13.3. The van der Waals surface area contributed by atoms with E-state index < -0.39 is 5.97 Å². The molecule has 3 aromatic carbocycles. The Labute approximate surface area is 248 Å². The molecule has 9 heteroatoms. The number of hydrogen-bond acceptors (Lipinski definition) is 5. The lowest BCUT2D eigenvalue weighted by Crippen LogP contribution is -2.16. The van der Waals surface area contributed by atoms with E-state index in [4.69, 9.17) is 37.4 Å². The molecule has 5 rings (SSSR count). The molecule has 0 radical (unpaired) electrons. The zero-order valence-corrected chi connectivity index (χ0v) is 25.0. The van der Waals surface area contributed by atoms with Gasteiger partial charge in [-0.25, -0.2) is 9.78 Å². The van der Waals surface area contributed by atoms with Gasteiger partial charge < -0.3 is 18.9 Å². The first-order chi connectivity index (χ1) is 19.4. The molecule has 1 N–H and O–H groups in total. The summed E-state index contributed by atoms with van der Waals surface area (Å²) in [6.07, 6.45) is 0. The van der Waals surface area contributed by atoms with Crippen molar-refractivity contribution in [1.82, 2.24) is 14.7 Å². The van der Waals surface area contributed by atoms with Gasteiger partial charge in [0, 0.05) is 23.6 Å². The van der Waals surface area contributed by atoms with Gasteiger partial charge in [-0.2, -0.15) is 0 Å². The molecule has 0 atom stereocenters. The van der Waals surface area contributed by atoms with E-state index in [0.717, 1.165) is 28.0 Å². The molecule has 2 heterocycles. The Bertz CT molecular complexity index is 1710. The molecule has 0 saturated heterocycles. The molecule has 0 aliphatic heterocycles. The van der Waals surface area contributed by atoms with Crippen molar-refractivity contribution in [3.63, 3.8) is 0 Å². The zero-order valence-electron chi connectivity index (χ0n) is 23.5. The smallest absolute Gasteiger partial charge is 0.335 e. The summed E-state index contributed by atoms with van der Waals surface area (Å²) in [5.74, 6) is 1.25. The molecule has 212 valence electrons. The van der Waals surface area contributed by atoms with Crippen LogP contribution in [0.25, 0.3) is 33.7 Å². The third-order valence-corrected chi connectivity index (χ3v) is 7.30. The number of aromatic carboxylic acids is 1. The molecule has 0 bridgehead atoms. The van der Waals surface area contributed by atoms with Gasteiger partial charge >= 0.3 is 5.97 Å². The van der Waals surface area contributed by atoms with Gasteiger partial charge in [0.15, 0.2) is 0 Å². The van der Waals surface area contributed by atoms with Gasteiger partial charge in [-0.05, 0) is 60.0 Å². The van der Waals surface area contributed by atoms with Crippen molar-refractivity contribution in [3.05, 3.63) is 87.6 Å². The van der Waals surface area contributed by atoms with Gasteiger partial charge in [-0.15, -0.1) is 0 Å². The third kappa shape index (κ3) is 5.97. The standard InChI is InChI=1S/C32H31Cl2N3O4/c1-18(2)29-22(28(36-41-29)27-23(33)7-6-8-24(27)34)16-40-21-12-9-19(10-13-21)30-35-25-14-11-20(31(38)39)15-26(25)37(30)17-32(3,4)5/h6-15,18H,16-17H2,1-5H3,(H,38,39). The Morgan fingerprint density at radius 2 is 1.73 bits per heavy atom. The van der Waals surface area contributed by atoms with Crippen molar-refractivity contribution < 1.29 is 19.2 Å². The number of carbonyl (C=O) groups is 1. The van der Waals surface area contributed by atoms with Crippen LogP contribution in [-0.2, 0) is 13.2 Å². The van der Waals surface area contributed by atoms with Gasteiger partial charge in [-0.1, -0.05) is 69.0 Å². The largest absolute Gasteiger partial charge is 0.489 e. The lowest BCUT2D eigenvalue weighted by atomic mass is 9.96. The third-order valence-electron chi connectivity index (χ3n) is 6.67. The average molecular weight is 593 g/mol. The normalized spacial score (nSPS) is 11.9. The van der Waals surface area contributed by atoms with Gasteiger partial charge in [0.1, 0.15) is 29.6 Å². The highest BCUT2D eigenvalue weighted by molar-refractivity contribution is 6.39. The number of fused-ring (bicyclic) bond motifs is 1. The van der Waals surface area contributed by atoms with Crippen LogP contribution in [0.3, 0.4) is 0 Å². The molecular weight excluding hydrogens is 561 g/mol. The molecule has 0 fully saturated rings. The Balaban J connectivity index is 1.46. The molecule has 5 aromatic rings. The summed E-state index contributed by atoms with van der Waals surface area (Å²) in [6.45, 7) is 11.4. The van der Waals surface area contributed by atoms with Crippen LogP contribution in [0, 0.1) is 5.41 Å². The predicted molar refractivity (Wildman–Crippen MR) is 162 cm³/mol. The van der Waals surface area contributed by atoms with Gasteiger partial charge in [0.05, 0.1) is 32.2 Å². The van der Waals surface area contributed by atoms with Crippen LogP contribution in [0.2, 0.25) is 10.0 Å². The van der Waals surface area contributed by atoms with Crippen LogP contribution in [0.4, 0.5) is 0 Å². The summed E-state index contributed by atoms with van der Waals surface area (Å²) in [5.41, 5.74) is 4.58. The topological polar surface area (TPSA) is 90.4 Å². The minimum Gasteiger partial charge on any atom is -0.489 e. The summed E-state index contributed by atoms with van der Waals surface area (Å²) >= 11 is 13.0. The molecule has 0 spiro atoms. The second-order valence-corrected chi connectivity index (χ2v) is 12.3. The minimum absolute atomic E-state index is 0.0559. The first kappa shape index (κ1) is 28.7. The summed E-state index contributed by atoms with van der Waals surface area (Å²) in [7, 11) is 0. The van der Waals surface area contributed by atoms with E-state index in [2.05, 4.69) is 30.5 Å². The van der Waals surface area contributed by atoms with E-state index in [-0.39, 0.29) is 23.5 Å². The number of imidazole rings is 1. The first-order valence-corrected chi connectivity index (χ1v) is 14.1. The molecule has 2 aromatic heterocycles. The number of carboxylic acid groups (broad SMARTS) is 1. The van der Waals surface area contributed by atoms with E-state index in [1.807, 2.05) is 38.1 Å². The van der Waals surface area contributed by atoms with E-state index in [1.165, 1.54) is 0 Å². The number of hydrogen-bond donors (Lipinski definition) is 1. The molecule has 41 heavy (non-hydrogen) atoms. The van der Waals surface area contributed by atoms with Gasteiger partial charge in [0.25, 0.3) is 0 Å². The van der Waals surface area contributed by atoms with Crippen LogP contribution in [0.5, 0.6) is 5.75 Å². The number of nitrogens with zero attached hydrogens (tertiary/aromatic N) is 3. The molecular formula is C32H31Cl2N3O4. The number of benzene rings is 3. The van der Waals surface area contributed by atoms with Crippen LogP contribution in [0.1, 0.15) is 62.2 Å². The molecule has 0 unspecified atom stereocenters. The summed E-state index contributed by atoms with van der Waals surface area (Å²) < 4.78 is 14.0. The van der Waals surface area contributed by atoms with Crippen molar-refractivity contribution in [2.45, 2.75) is 53.7 Å². The van der Waals surface area contributed by atoms with E-state index in [0.29, 0.717) is 39.4 Å². The van der Waals surface area contributed by atoms with E-state index >= 15 is 0 Å². The van der Waals surface area contributed by atoms with Crippen molar-refractivity contribution in [3.8, 4) is 28.4 Å². The number of ether oxygens (including phenoxy) is 1. The Morgan fingerprint density at radius 3 is 2.34 bits per heavy atom. The second-order valence-electron chi connectivity index (χ2n) is 11.5. The fraction of sp³-hybridized carbons (Fsp3) is 0.281.